The van der Waals surface area contributed by atoms with Crippen molar-refractivity contribution in [3.8, 4) is 0 Å². The summed E-state index contributed by atoms with van der Waals surface area (Å²) in [5.41, 5.74) is -1.16. The molecule has 20 heavy (non-hydrogen) atoms. The van der Waals surface area contributed by atoms with Gasteiger partial charge < -0.3 is 5.11 Å². The molecule has 1 aromatic rings. The van der Waals surface area contributed by atoms with Crippen LogP contribution in [0, 0.1) is 0 Å². The second-order valence-corrected chi connectivity index (χ2v) is 8.55. The van der Waals surface area contributed by atoms with Gasteiger partial charge in [-0.15, -0.1) is 0 Å². The highest BCUT2D eigenvalue weighted by molar-refractivity contribution is 9.10. The number of nitrogens with zero attached hydrogens (tertiary/aromatic N) is 1. The first-order valence-electron chi connectivity index (χ1n) is 5.86. The minimum Gasteiger partial charge on any atom is -0.389 e. The molecular weight excluding hydrogens is 389 g/mol. The van der Waals surface area contributed by atoms with E-state index >= 15 is 0 Å². The number of hydrogen-bond acceptors (Lipinski definition) is 3. The molecule has 1 aromatic carbocycles. The summed E-state index contributed by atoms with van der Waals surface area (Å²) in [6.07, 6.45) is 0. The van der Waals surface area contributed by atoms with Crippen LogP contribution >= 0.6 is 39.1 Å². The van der Waals surface area contributed by atoms with E-state index in [1.807, 2.05) is 0 Å². The Morgan fingerprint density at radius 3 is 2.10 bits per heavy atom. The molecule has 0 saturated carbocycles. The second kappa shape index (κ2) is 6.50. The number of rotatable bonds is 5. The Hall–Kier alpha value is 0.150. The van der Waals surface area contributed by atoms with Crippen LogP contribution in [0.15, 0.2) is 21.5 Å². The van der Waals surface area contributed by atoms with Crippen molar-refractivity contribution in [1.29, 1.82) is 0 Å². The Balaban J connectivity index is 3.35. The minimum absolute atomic E-state index is 0.0403. The van der Waals surface area contributed by atoms with E-state index in [9.17, 15) is 13.5 Å². The molecule has 0 heterocycles. The quantitative estimate of drug-likeness (QED) is 0.816. The van der Waals surface area contributed by atoms with Crippen molar-refractivity contribution >= 4 is 49.2 Å². The van der Waals surface area contributed by atoms with Gasteiger partial charge in [0.15, 0.2) is 0 Å². The SMILES string of the molecule is CCN(CC(C)(C)O)S(=O)(=O)c1c(Cl)cc(Br)cc1Cl. The normalized spacial score (nSPS) is 13.0. The van der Waals surface area contributed by atoms with Gasteiger partial charge in [0.2, 0.25) is 10.0 Å². The van der Waals surface area contributed by atoms with Crippen molar-refractivity contribution < 1.29 is 13.5 Å². The Morgan fingerprint density at radius 1 is 1.30 bits per heavy atom. The lowest BCUT2D eigenvalue weighted by atomic mass is 10.1. The number of aliphatic hydroxyl groups is 1. The number of benzene rings is 1. The van der Waals surface area contributed by atoms with Gasteiger partial charge in [-0.2, -0.15) is 4.31 Å². The summed E-state index contributed by atoms with van der Waals surface area (Å²) in [7, 11) is -3.87. The van der Waals surface area contributed by atoms with E-state index in [-0.39, 0.29) is 28.0 Å². The number of hydrogen-bond donors (Lipinski definition) is 1. The van der Waals surface area contributed by atoms with Gasteiger partial charge in [-0.3, -0.25) is 0 Å². The molecule has 1 N–H and O–H groups in total. The zero-order valence-electron chi connectivity index (χ0n) is 11.3. The summed E-state index contributed by atoms with van der Waals surface area (Å²) in [4.78, 5) is -0.143. The lowest BCUT2D eigenvalue weighted by molar-refractivity contribution is 0.0601. The van der Waals surface area contributed by atoms with Crippen molar-refractivity contribution in [2.24, 2.45) is 0 Å². The van der Waals surface area contributed by atoms with Crippen LogP contribution in [0.3, 0.4) is 0 Å². The fourth-order valence-electron chi connectivity index (χ4n) is 1.70. The molecule has 0 bridgehead atoms. The smallest absolute Gasteiger partial charge is 0.246 e. The van der Waals surface area contributed by atoms with Crippen molar-refractivity contribution in [3.63, 3.8) is 0 Å². The predicted molar refractivity (Wildman–Crippen MR) is 84.9 cm³/mol. The molecule has 0 amide bonds. The van der Waals surface area contributed by atoms with Crippen LogP contribution in [0.4, 0.5) is 0 Å². The Labute approximate surface area is 137 Å². The molecule has 0 spiro atoms. The van der Waals surface area contributed by atoms with Crippen LogP contribution in [-0.4, -0.2) is 36.5 Å². The molecule has 0 aliphatic heterocycles. The van der Waals surface area contributed by atoms with E-state index in [2.05, 4.69) is 15.9 Å². The molecule has 0 aliphatic carbocycles. The van der Waals surface area contributed by atoms with Crippen LogP contribution in [0.2, 0.25) is 10.0 Å². The van der Waals surface area contributed by atoms with Crippen LogP contribution in [-0.2, 0) is 10.0 Å². The molecule has 0 aromatic heterocycles. The molecule has 0 unspecified atom stereocenters. The fraction of sp³-hybridized carbons (Fsp3) is 0.500. The average Bonchev–Trinajstić information content (AvgIpc) is 2.22. The zero-order valence-corrected chi connectivity index (χ0v) is 15.2. The monoisotopic (exact) mass is 403 g/mol. The first-order valence-corrected chi connectivity index (χ1v) is 8.85. The van der Waals surface area contributed by atoms with Gasteiger partial charge in [0.25, 0.3) is 0 Å². The molecule has 0 radical (unpaired) electrons. The maximum atomic E-state index is 12.6. The maximum Gasteiger partial charge on any atom is 0.246 e. The molecule has 1 rings (SSSR count). The van der Waals surface area contributed by atoms with Crippen LogP contribution in [0.25, 0.3) is 0 Å². The van der Waals surface area contributed by atoms with Gasteiger partial charge in [-0.05, 0) is 26.0 Å². The predicted octanol–water partition coefficient (Wildman–Crippen LogP) is 3.54. The van der Waals surface area contributed by atoms with Crippen molar-refractivity contribution in [2.75, 3.05) is 13.1 Å². The summed E-state index contributed by atoms with van der Waals surface area (Å²) in [6, 6.07) is 2.94. The van der Waals surface area contributed by atoms with Gasteiger partial charge in [0, 0.05) is 17.6 Å². The van der Waals surface area contributed by atoms with E-state index in [1.54, 1.807) is 6.92 Å². The third-order valence-corrected chi connectivity index (χ3v) is 5.78. The summed E-state index contributed by atoms with van der Waals surface area (Å²) in [5, 5.41) is 9.91. The van der Waals surface area contributed by atoms with Gasteiger partial charge in [-0.25, -0.2) is 8.42 Å². The molecule has 8 heteroatoms. The molecule has 114 valence electrons. The van der Waals surface area contributed by atoms with E-state index in [4.69, 9.17) is 23.2 Å². The molecule has 0 aliphatic rings. The molecule has 0 fully saturated rings. The van der Waals surface area contributed by atoms with Crippen molar-refractivity contribution in [3.05, 3.63) is 26.7 Å². The lowest BCUT2D eigenvalue weighted by Crippen LogP contribution is -2.42. The minimum atomic E-state index is -3.87. The Bertz CT molecular complexity index is 576. The molecule has 4 nitrogen and oxygen atoms in total. The standard InChI is InChI=1S/C12H16BrCl2NO3S/c1-4-16(7-12(2,3)17)20(18,19)11-9(14)5-8(13)6-10(11)15/h5-6,17H,4,7H2,1-3H3. The Kier molecular flexibility index (Phi) is 5.92. The first kappa shape index (κ1) is 18.2. The highest BCUT2D eigenvalue weighted by Gasteiger charge is 2.31. The summed E-state index contributed by atoms with van der Waals surface area (Å²) >= 11 is 15.2. The highest BCUT2D eigenvalue weighted by atomic mass is 79.9. The van der Waals surface area contributed by atoms with Crippen molar-refractivity contribution in [2.45, 2.75) is 31.3 Å². The number of likely N-dealkylation sites (N-methyl/N-ethyl adjacent to an activating group) is 1. The van der Waals surface area contributed by atoms with Crippen LogP contribution in [0.1, 0.15) is 20.8 Å². The second-order valence-electron chi connectivity index (χ2n) is 4.94. The van der Waals surface area contributed by atoms with E-state index in [1.165, 1.54) is 26.0 Å². The molecule has 0 atom stereocenters. The molecule has 0 saturated heterocycles. The van der Waals surface area contributed by atoms with Gasteiger partial charge >= 0.3 is 0 Å². The largest absolute Gasteiger partial charge is 0.389 e. The fourth-order valence-corrected chi connectivity index (χ4v) is 5.19. The third-order valence-electron chi connectivity index (χ3n) is 2.48. The summed E-state index contributed by atoms with van der Waals surface area (Å²) in [5.74, 6) is 0. The maximum absolute atomic E-state index is 12.6. The van der Waals surface area contributed by atoms with Crippen LogP contribution < -0.4 is 0 Å². The zero-order chi connectivity index (χ0) is 15.7. The van der Waals surface area contributed by atoms with Crippen molar-refractivity contribution in [1.82, 2.24) is 4.31 Å². The summed E-state index contributed by atoms with van der Waals surface area (Å²) in [6.45, 7) is 4.92. The third kappa shape index (κ3) is 4.32. The number of halogens is 3. The highest BCUT2D eigenvalue weighted by Crippen LogP contribution is 2.35. The van der Waals surface area contributed by atoms with E-state index < -0.39 is 15.6 Å². The van der Waals surface area contributed by atoms with E-state index in [0.717, 1.165) is 4.31 Å². The number of sulfonamides is 1. The Morgan fingerprint density at radius 2 is 1.75 bits per heavy atom. The van der Waals surface area contributed by atoms with Gasteiger partial charge in [-0.1, -0.05) is 46.1 Å². The van der Waals surface area contributed by atoms with Gasteiger partial charge in [0.1, 0.15) is 4.90 Å². The topological polar surface area (TPSA) is 57.6 Å². The summed E-state index contributed by atoms with van der Waals surface area (Å²) < 4.78 is 27.0. The molecular formula is C12H16BrCl2NO3S. The van der Waals surface area contributed by atoms with Gasteiger partial charge in [0.05, 0.1) is 15.6 Å². The van der Waals surface area contributed by atoms with Crippen LogP contribution in [0.5, 0.6) is 0 Å². The average molecular weight is 405 g/mol. The van der Waals surface area contributed by atoms with E-state index in [0.29, 0.717) is 4.47 Å². The lowest BCUT2D eigenvalue weighted by Gasteiger charge is -2.28. The first-order chi connectivity index (χ1) is 8.99.